The zero-order valence-electron chi connectivity index (χ0n) is 16.1. The van der Waals surface area contributed by atoms with Crippen LogP contribution in [-0.4, -0.2) is 32.3 Å². The minimum Gasteiger partial charge on any atom is -0.497 e. The van der Waals surface area contributed by atoms with E-state index in [1.165, 1.54) is 0 Å². The van der Waals surface area contributed by atoms with Gasteiger partial charge in [0.2, 0.25) is 0 Å². The van der Waals surface area contributed by atoms with Gasteiger partial charge in [-0.2, -0.15) is 0 Å². The molecule has 1 unspecified atom stereocenters. The topological polar surface area (TPSA) is 66.0 Å². The number of rotatable bonds is 6. The lowest BCUT2D eigenvalue weighted by Crippen LogP contribution is -2.42. The molecule has 0 aromatic heterocycles. The first-order valence-corrected chi connectivity index (χ1v) is 8.83. The van der Waals surface area contributed by atoms with E-state index in [-0.39, 0.29) is 24.2 Å². The van der Waals surface area contributed by atoms with Crippen molar-refractivity contribution in [1.82, 2.24) is 5.32 Å². The molecule has 0 radical (unpaired) electrons. The first-order valence-electron chi connectivity index (χ1n) is 8.83. The quantitative estimate of drug-likeness (QED) is 0.842. The number of hydrogen-bond donors (Lipinski definition) is 1. The Morgan fingerprint density at radius 2 is 1.81 bits per heavy atom. The second kappa shape index (κ2) is 7.78. The normalized spacial score (nSPS) is 17.3. The number of nitrogens with one attached hydrogen (secondary N) is 1. The van der Waals surface area contributed by atoms with Crippen LogP contribution < -0.4 is 24.3 Å². The van der Waals surface area contributed by atoms with Crippen molar-refractivity contribution < 1.29 is 23.7 Å². The van der Waals surface area contributed by atoms with Crippen LogP contribution in [0.3, 0.4) is 0 Å². The van der Waals surface area contributed by atoms with E-state index in [0.717, 1.165) is 17.1 Å². The Balaban J connectivity index is 1.69. The predicted molar refractivity (Wildman–Crippen MR) is 102 cm³/mol. The molecule has 0 spiro atoms. The summed E-state index contributed by atoms with van der Waals surface area (Å²) in [6.07, 6.45) is 0.651. The van der Waals surface area contributed by atoms with E-state index in [0.29, 0.717) is 17.9 Å². The number of ether oxygens (including phenoxy) is 4. The Morgan fingerprint density at radius 1 is 1.11 bits per heavy atom. The van der Waals surface area contributed by atoms with Gasteiger partial charge in [-0.1, -0.05) is 6.07 Å². The molecule has 1 heterocycles. The summed E-state index contributed by atoms with van der Waals surface area (Å²) in [7, 11) is 3.20. The molecule has 0 bridgehead atoms. The molecule has 1 amide bonds. The van der Waals surface area contributed by atoms with Crippen molar-refractivity contribution in [2.75, 3.05) is 20.8 Å². The molecule has 3 rings (SSSR count). The number of benzene rings is 2. The fourth-order valence-corrected chi connectivity index (χ4v) is 3.16. The lowest BCUT2D eigenvalue weighted by atomic mass is 9.89. The van der Waals surface area contributed by atoms with Crippen molar-refractivity contribution in [3.8, 4) is 23.0 Å². The van der Waals surface area contributed by atoms with Gasteiger partial charge in [-0.25, -0.2) is 0 Å². The Kier molecular flexibility index (Phi) is 5.44. The summed E-state index contributed by atoms with van der Waals surface area (Å²) in [5, 5.41) is 3.05. The van der Waals surface area contributed by atoms with Crippen molar-refractivity contribution in [2.24, 2.45) is 0 Å². The van der Waals surface area contributed by atoms with Crippen molar-refractivity contribution in [3.63, 3.8) is 0 Å². The summed E-state index contributed by atoms with van der Waals surface area (Å²) in [5.74, 6) is 2.54. The van der Waals surface area contributed by atoms with Crippen LogP contribution >= 0.6 is 0 Å². The van der Waals surface area contributed by atoms with Crippen molar-refractivity contribution in [1.29, 1.82) is 0 Å². The van der Waals surface area contributed by atoms with Gasteiger partial charge in [0.1, 0.15) is 28.6 Å². The number of methoxy groups -OCH3 is 2. The van der Waals surface area contributed by atoms with Crippen LogP contribution in [0.5, 0.6) is 23.0 Å². The van der Waals surface area contributed by atoms with Gasteiger partial charge in [-0.05, 0) is 44.2 Å². The summed E-state index contributed by atoms with van der Waals surface area (Å²) in [6, 6.07) is 12.6. The third-order valence-electron chi connectivity index (χ3n) is 4.42. The van der Waals surface area contributed by atoms with Crippen LogP contribution in [0.2, 0.25) is 0 Å². The summed E-state index contributed by atoms with van der Waals surface area (Å²) >= 11 is 0. The summed E-state index contributed by atoms with van der Waals surface area (Å²) < 4.78 is 22.1. The van der Waals surface area contributed by atoms with E-state index < -0.39 is 0 Å². The Bertz CT molecular complexity index is 818. The number of amides is 1. The van der Waals surface area contributed by atoms with Gasteiger partial charge in [0.15, 0.2) is 6.61 Å². The highest BCUT2D eigenvalue weighted by Crippen LogP contribution is 2.41. The van der Waals surface area contributed by atoms with E-state index in [4.69, 9.17) is 18.9 Å². The van der Waals surface area contributed by atoms with Gasteiger partial charge in [0.25, 0.3) is 5.91 Å². The highest BCUT2D eigenvalue weighted by molar-refractivity contribution is 5.78. The van der Waals surface area contributed by atoms with Gasteiger partial charge < -0.3 is 24.3 Å². The lowest BCUT2D eigenvalue weighted by Gasteiger charge is -2.38. The maximum absolute atomic E-state index is 12.5. The molecule has 2 aromatic rings. The maximum atomic E-state index is 12.5. The van der Waals surface area contributed by atoms with Crippen LogP contribution in [0.15, 0.2) is 42.5 Å². The van der Waals surface area contributed by atoms with Gasteiger partial charge in [-0.3, -0.25) is 4.79 Å². The fourth-order valence-electron chi connectivity index (χ4n) is 3.16. The Morgan fingerprint density at radius 3 is 2.56 bits per heavy atom. The number of carbonyl (C=O) groups excluding carboxylic acids is 1. The molecular weight excluding hydrogens is 346 g/mol. The van der Waals surface area contributed by atoms with Crippen molar-refractivity contribution >= 4 is 5.91 Å². The largest absolute Gasteiger partial charge is 0.497 e. The Hall–Kier alpha value is -2.89. The third kappa shape index (κ3) is 4.64. The van der Waals surface area contributed by atoms with E-state index in [1.54, 1.807) is 26.4 Å². The third-order valence-corrected chi connectivity index (χ3v) is 4.42. The molecule has 0 aliphatic carbocycles. The number of fused-ring (bicyclic) bond motifs is 1. The molecule has 0 saturated heterocycles. The predicted octanol–water partition coefficient (Wildman–Crippen LogP) is 3.50. The molecule has 1 aliphatic rings. The molecular formula is C21H25NO5. The van der Waals surface area contributed by atoms with Crippen LogP contribution in [0.4, 0.5) is 0 Å². The molecule has 144 valence electrons. The molecule has 0 saturated carbocycles. The van der Waals surface area contributed by atoms with E-state index in [2.05, 4.69) is 5.32 Å². The van der Waals surface area contributed by atoms with Crippen molar-refractivity contribution in [2.45, 2.75) is 31.9 Å². The summed E-state index contributed by atoms with van der Waals surface area (Å²) in [5.41, 5.74) is 0.524. The number of hydrogen-bond acceptors (Lipinski definition) is 5. The fraction of sp³-hybridized carbons (Fsp3) is 0.381. The monoisotopic (exact) mass is 371 g/mol. The standard InChI is InChI=1S/C21H25NO5/c1-21(2)12-18(17-11-15(25-4)8-9-19(17)27-21)22-20(23)13-26-16-7-5-6-14(10-16)24-3/h5-11,18H,12-13H2,1-4H3,(H,22,23). The minimum absolute atomic E-state index is 0.0791. The van der Waals surface area contributed by atoms with Crippen LogP contribution in [-0.2, 0) is 4.79 Å². The van der Waals surface area contributed by atoms with Gasteiger partial charge in [0, 0.05) is 18.1 Å². The lowest BCUT2D eigenvalue weighted by molar-refractivity contribution is -0.124. The molecule has 6 heteroatoms. The van der Waals surface area contributed by atoms with Gasteiger partial charge in [0.05, 0.1) is 20.3 Å². The van der Waals surface area contributed by atoms with Crippen LogP contribution in [0.25, 0.3) is 0 Å². The molecule has 1 aliphatic heterocycles. The van der Waals surface area contributed by atoms with E-state index >= 15 is 0 Å². The average Bonchev–Trinajstić information content (AvgIpc) is 2.65. The first kappa shape index (κ1) is 18.9. The maximum Gasteiger partial charge on any atom is 0.258 e. The number of carbonyl (C=O) groups is 1. The molecule has 1 atom stereocenters. The Labute approximate surface area is 159 Å². The minimum atomic E-state index is -0.382. The first-order chi connectivity index (χ1) is 12.9. The molecule has 2 aromatic carbocycles. The zero-order chi connectivity index (χ0) is 19.4. The van der Waals surface area contributed by atoms with E-state index in [1.807, 2.05) is 44.2 Å². The van der Waals surface area contributed by atoms with E-state index in [9.17, 15) is 4.79 Å². The molecule has 6 nitrogen and oxygen atoms in total. The zero-order valence-corrected chi connectivity index (χ0v) is 16.1. The van der Waals surface area contributed by atoms with Gasteiger partial charge in [-0.15, -0.1) is 0 Å². The average molecular weight is 371 g/mol. The van der Waals surface area contributed by atoms with Crippen LogP contribution in [0.1, 0.15) is 31.9 Å². The summed E-state index contributed by atoms with van der Waals surface area (Å²) in [6.45, 7) is 3.93. The summed E-state index contributed by atoms with van der Waals surface area (Å²) in [4.78, 5) is 12.5. The second-order valence-corrected chi connectivity index (χ2v) is 7.06. The molecule has 0 fully saturated rings. The SMILES string of the molecule is COc1cccc(OCC(=O)NC2CC(C)(C)Oc3ccc(OC)cc32)c1. The highest BCUT2D eigenvalue weighted by atomic mass is 16.5. The smallest absolute Gasteiger partial charge is 0.258 e. The molecule has 1 N–H and O–H groups in total. The van der Waals surface area contributed by atoms with Gasteiger partial charge >= 0.3 is 0 Å². The van der Waals surface area contributed by atoms with Crippen molar-refractivity contribution in [3.05, 3.63) is 48.0 Å². The molecule has 27 heavy (non-hydrogen) atoms. The highest BCUT2D eigenvalue weighted by Gasteiger charge is 2.34. The second-order valence-electron chi connectivity index (χ2n) is 7.06. The van der Waals surface area contributed by atoms with Crippen LogP contribution in [0, 0.1) is 0 Å².